The van der Waals surface area contributed by atoms with E-state index in [2.05, 4.69) is 10.0 Å². The molecule has 0 spiro atoms. The van der Waals surface area contributed by atoms with Crippen molar-refractivity contribution in [2.24, 2.45) is 0 Å². The molecule has 0 saturated heterocycles. The number of nitrogens with zero attached hydrogens (tertiary/aromatic N) is 1. The summed E-state index contributed by atoms with van der Waals surface area (Å²) in [5.74, 6) is -0.643. The lowest BCUT2D eigenvalue weighted by Crippen LogP contribution is -2.52. The molecule has 2 amide bonds. The minimum atomic E-state index is -4.47. The molecule has 2 aromatic rings. The zero-order chi connectivity index (χ0) is 27.2. The Kier molecular flexibility index (Phi) is 9.02. The molecule has 0 unspecified atom stereocenters. The second-order valence-electron chi connectivity index (χ2n) is 8.41. The number of anilines is 1. The molecule has 0 aliphatic carbocycles. The monoisotopic (exact) mass is 552 g/mol. The normalized spacial score (nSPS) is 15.5. The topological polar surface area (TPSA) is 179 Å². The number of hydrogen-bond acceptors (Lipinski definition) is 7. The summed E-state index contributed by atoms with van der Waals surface area (Å²) in [7, 11) is -6.74. The number of carbonyl (C=O) groups excluding carboxylic acids is 3. The Morgan fingerprint density at radius 1 is 1.08 bits per heavy atom. The average molecular weight is 553 g/mol. The second kappa shape index (κ2) is 11.8. The number of amides is 2. The molecule has 1 atom stereocenters. The van der Waals surface area contributed by atoms with E-state index in [0.29, 0.717) is 23.8 Å². The highest BCUT2D eigenvalue weighted by Gasteiger charge is 2.34. The van der Waals surface area contributed by atoms with E-state index in [9.17, 15) is 31.2 Å². The van der Waals surface area contributed by atoms with Gasteiger partial charge in [-0.2, -0.15) is 8.42 Å². The Balaban J connectivity index is 1.72. The van der Waals surface area contributed by atoms with Crippen LogP contribution in [0.5, 0.6) is 0 Å². The number of nitrogens with one attached hydrogen (secondary N) is 3. The van der Waals surface area contributed by atoms with Crippen LogP contribution in [-0.4, -0.2) is 64.0 Å². The molecule has 2 aromatic carbocycles. The molecular formula is C23H28N4O8S2. The van der Waals surface area contributed by atoms with Gasteiger partial charge in [0, 0.05) is 39.4 Å². The summed E-state index contributed by atoms with van der Waals surface area (Å²) in [4.78, 5) is 37.5. The quantitative estimate of drug-likeness (QED) is 0.176. The molecule has 0 bridgehead atoms. The van der Waals surface area contributed by atoms with Crippen LogP contribution in [0.15, 0.2) is 47.4 Å². The average Bonchev–Trinajstić information content (AvgIpc) is 2.85. The van der Waals surface area contributed by atoms with E-state index in [4.69, 9.17) is 4.55 Å². The number of hydrogen-bond donors (Lipinski definition) is 4. The van der Waals surface area contributed by atoms with Gasteiger partial charge in [-0.05, 0) is 47.4 Å². The minimum absolute atomic E-state index is 0.000915. The first-order valence-electron chi connectivity index (χ1n) is 11.3. The molecular weight excluding hydrogens is 524 g/mol. The van der Waals surface area contributed by atoms with E-state index in [0.717, 1.165) is 5.56 Å². The third-order valence-corrected chi connectivity index (χ3v) is 7.84. The Labute approximate surface area is 215 Å². The maximum absolute atomic E-state index is 13.2. The van der Waals surface area contributed by atoms with Crippen LogP contribution >= 0.6 is 0 Å². The molecule has 0 aromatic heterocycles. The lowest BCUT2D eigenvalue weighted by atomic mass is 9.92. The largest absolute Gasteiger partial charge is 0.357 e. The van der Waals surface area contributed by atoms with Crippen LogP contribution in [0.25, 0.3) is 0 Å². The van der Waals surface area contributed by atoms with Gasteiger partial charge < -0.3 is 15.0 Å². The third kappa shape index (κ3) is 7.58. The number of benzene rings is 2. The van der Waals surface area contributed by atoms with E-state index < -0.39 is 26.4 Å². The first-order valence-corrected chi connectivity index (χ1v) is 14.3. The fourth-order valence-corrected chi connectivity index (χ4v) is 5.50. The molecule has 0 fully saturated rings. The Hall–Kier alpha value is -3.33. The maximum atomic E-state index is 13.2. The number of likely N-dealkylation sites (N-methyl/N-ethyl adjacent to an activating group) is 1. The zero-order valence-electron chi connectivity index (χ0n) is 20.0. The summed E-state index contributed by atoms with van der Waals surface area (Å²) in [5, 5.41) is 2.57. The van der Waals surface area contributed by atoms with Crippen molar-refractivity contribution in [2.75, 3.05) is 18.3 Å². The number of aldehydes is 1. The lowest BCUT2D eigenvalue weighted by Gasteiger charge is -2.36. The number of carbonyl (C=O) groups is 3. The first-order chi connectivity index (χ1) is 17.4. The summed E-state index contributed by atoms with van der Waals surface area (Å²) in [6, 6.07) is 9.87. The summed E-state index contributed by atoms with van der Waals surface area (Å²) >= 11 is 0. The van der Waals surface area contributed by atoms with Crippen LogP contribution in [0.3, 0.4) is 0 Å². The van der Waals surface area contributed by atoms with Crippen molar-refractivity contribution in [2.45, 2.75) is 43.2 Å². The molecule has 1 heterocycles. The summed E-state index contributed by atoms with van der Waals surface area (Å²) in [5.41, 5.74) is 2.26. The predicted octanol–water partition coefficient (Wildman–Crippen LogP) is 0.401. The highest BCUT2D eigenvalue weighted by atomic mass is 32.2. The van der Waals surface area contributed by atoms with Gasteiger partial charge in [0.15, 0.2) is 0 Å². The number of aryl methyl sites for hydroxylation is 1. The number of sulfonamides is 1. The van der Waals surface area contributed by atoms with E-state index in [1.807, 2.05) is 4.72 Å². The van der Waals surface area contributed by atoms with Crippen molar-refractivity contribution in [3.8, 4) is 0 Å². The van der Waals surface area contributed by atoms with E-state index in [1.165, 1.54) is 36.2 Å². The molecule has 12 nitrogen and oxygen atoms in total. The van der Waals surface area contributed by atoms with Gasteiger partial charge in [-0.25, -0.2) is 13.1 Å². The van der Waals surface area contributed by atoms with Crippen molar-refractivity contribution in [3.05, 3.63) is 59.2 Å². The molecule has 0 radical (unpaired) electrons. The molecule has 200 valence electrons. The fourth-order valence-electron chi connectivity index (χ4n) is 4.03. The van der Waals surface area contributed by atoms with Crippen LogP contribution in [0.4, 0.5) is 5.69 Å². The van der Waals surface area contributed by atoms with E-state index in [1.54, 1.807) is 18.2 Å². The van der Waals surface area contributed by atoms with Crippen molar-refractivity contribution < 1.29 is 35.8 Å². The maximum Gasteiger partial charge on any atom is 0.357 e. The molecule has 1 aliphatic heterocycles. The van der Waals surface area contributed by atoms with Gasteiger partial charge in [0.1, 0.15) is 12.3 Å². The Morgan fingerprint density at radius 3 is 2.41 bits per heavy atom. The van der Waals surface area contributed by atoms with Gasteiger partial charge >= 0.3 is 10.3 Å². The predicted molar refractivity (Wildman–Crippen MR) is 134 cm³/mol. The zero-order valence-corrected chi connectivity index (χ0v) is 21.6. The number of rotatable bonds is 11. The first kappa shape index (κ1) is 28.2. The van der Waals surface area contributed by atoms with Gasteiger partial charge in [0.05, 0.1) is 10.6 Å². The van der Waals surface area contributed by atoms with Crippen LogP contribution < -0.4 is 14.8 Å². The molecule has 37 heavy (non-hydrogen) atoms. The Bertz CT molecular complexity index is 1380. The minimum Gasteiger partial charge on any atom is -0.357 e. The summed E-state index contributed by atoms with van der Waals surface area (Å²) in [6.45, 7) is 0.0673. The number of fused-ring (bicyclic) bond motifs is 1. The lowest BCUT2D eigenvalue weighted by molar-refractivity contribution is -0.141. The molecule has 0 saturated carbocycles. The van der Waals surface area contributed by atoms with Gasteiger partial charge in [-0.15, -0.1) is 0 Å². The van der Waals surface area contributed by atoms with Crippen LogP contribution in [0, 0.1) is 0 Å². The standard InChI is InChI=1S/C23H28N4O8S2/c1-24-23(30)21-14-17-6-7-19(26-37(33,34)35)13-18(17)15-27(21)22(29)10-5-16-3-8-20(9-4-16)36(31,32)25-11-2-12-28/h3-4,6-9,12-13,21,25-26H,2,5,10-11,14-15H2,1H3,(H,24,30)(H,33,34,35)/t21-/m0/s1. The highest BCUT2D eigenvalue weighted by molar-refractivity contribution is 7.89. The van der Waals surface area contributed by atoms with Gasteiger partial charge in [-0.1, -0.05) is 18.2 Å². The second-order valence-corrected chi connectivity index (χ2v) is 11.3. The molecule has 3 rings (SSSR count). The van der Waals surface area contributed by atoms with Gasteiger partial charge in [-0.3, -0.25) is 18.9 Å². The fraction of sp³-hybridized carbons (Fsp3) is 0.348. The molecule has 4 N–H and O–H groups in total. The molecule has 14 heteroatoms. The van der Waals surface area contributed by atoms with Crippen molar-refractivity contribution in [1.29, 1.82) is 0 Å². The SMILES string of the molecule is CNC(=O)[C@@H]1Cc2ccc(NS(=O)(=O)O)cc2CN1C(=O)CCc1ccc(S(=O)(=O)NCCC=O)cc1. The van der Waals surface area contributed by atoms with Crippen molar-refractivity contribution in [1.82, 2.24) is 14.9 Å². The van der Waals surface area contributed by atoms with Crippen LogP contribution in [0.2, 0.25) is 0 Å². The summed E-state index contributed by atoms with van der Waals surface area (Å²) < 4.78 is 60.1. The van der Waals surface area contributed by atoms with Gasteiger partial charge in [0.2, 0.25) is 21.8 Å². The van der Waals surface area contributed by atoms with E-state index in [-0.39, 0.29) is 54.7 Å². The van der Waals surface area contributed by atoms with Gasteiger partial charge in [0.25, 0.3) is 0 Å². The van der Waals surface area contributed by atoms with E-state index >= 15 is 0 Å². The Morgan fingerprint density at radius 2 is 1.78 bits per heavy atom. The third-order valence-electron chi connectivity index (χ3n) is 5.87. The summed E-state index contributed by atoms with van der Waals surface area (Å²) in [6.07, 6.45) is 1.27. The smallest absolute Gasteiger partial charge is 0.357 e. The van der Waals surface area contributed by atoms with Crippen LogP contribution in [0.1, 0.15) is 29.5 Å². The molecule has 1 aliphatic rings. The van der Waals surface area contributed by atoms with Crippen molar-refractivity contribution in [3.63, 3.8) is 0 Å². The van der Waals surface area contributed by atoms with Crippen molar-refractivity contribution >= 4 is 44.1 Å². The van der Waals surface area contributed by atoms with Crippen LogP contribution in [-0.2, 0) is 54.1 Å². The highest BCUT2D eigenvalue weighted by Crippen LogP contribution is 2.27.